The van der Waals surface area contributed by atoms with Crippen LogP contribution in [0.3, 0.4) is 0 Å². The van der Waals surface area contributed by atoms with Gasteiger partial charge in [0.2, 0.25) is 0 Å². The van der Waals surface area contributed by atoms with Crippen molar-refractivity contribution in [3.05, 3.63) is 59.4 Å². The molecule has 0 bridgehead atoms. The molecule has 0 fully saturated rings. The van der Waals surface area contributed by atoms with Crippen molar-refractivity contribution in [3.8, 4) is 0 Å². The smallest absolute Gasteiger partial charge is 0.271 e. The summed E-state index contributed by atoms with van der Waals surface area (Å²) < 4.78 is 1.98. The first-order valence-corrected chi connectivity index (χ1v) is 7.80. The van der Waals surface area contributed by atoms with Crippen LogP contribution < -0.4 is 0 Å². The predicted octanol–water partition coefficient (Wildman–Crippen LogP) is 2.80. The summed E-state index contributed by atoms with van der Waals surface area (Å²) in [6.45, 7) is 4.72. The van der Waals surface area contributed by atoms with E-state index < -0.39 is 0 Å². The van der Waals surface area contributed by atoms with Gasteiger partial charge in [-0.3, -0.25) is 4.79 Å². The first kappa shape index (κ1) is 14.9. The van der Waals surface area contributed by atoms with E-state index in [9.17, 15) is 9.90 Å². The zero-order valence-corrected chi connectivity index (χ0v) is 13.1. The van der Waals surface area contributed by atoms with Crippen LogP contribution in [0.1, 0.15) is 47.5 Å². The minimum Gasteiger partial charge on any atom is -0.394 e. The van der Waals surface area contributed by atoms with E-state index in [4.69, 9.17) is 0 Å². The number of amides is 1. The number of nitrogens with zero attached hydrogens (tertiary/aromatic N) is 2. The van der Waals surface area contributed by atoms with Crippen molar-refractivity contribution in [1.82, 2.24) is 9.47 Å². The van der Waals surface area contributed by atoms with Crippen molar-refractivity contribution in [1.29, 1.82) is 0 Å². The number of carbonyl (C=O) groups excluding carboxylic acids is 1. The third-order valence-corrected chi connectivity index (χ3v) is 4.40. The van der Waals surface area contributed by atoms with E-state index in [1.54, 1.807) is 4.90 Å². The highest BCUT2D eigenvalue weighted by Crippen LogP contribution is 2.30. The van der Waals surface area contributed by atoms with Gasteiger partial charge in [0.1, 0.15) is 5.69 Å². The third-order valence-electron chi connectivity index (χ3n) is 4.40. The van der Waals surface area contributed by atoms with Crippen LogP contribution in [0.25, 0.3) is 0 Å². The van der Waals surface area contributed by atoms with Gasteiger partial charge < -0.3 is 14.6 Å². The van der Waals surface area contributed by atoms with E-state index in [-0.39, 0.29) is 24.6 Å². The Labute approximate surface area is 131 Å². The molecule has 1 amide bonds. The lowest BCUT2D eigenvalue weighted by atomic mass is 9.92. The van der Waals surface area contributed by atoms with E-state index >= 15 is 0 Å². The standard InChI is InChI=1S/C18H22N2O2/c1-13(2)19-10-5-8-16(19)18(22)20-11-9-14-6-3-4-7-15(14)17(20)12-21/h3-8,10,13,17,21H,9,11-12H2,1-2H3/t17-/m0/s1. The summed E-state index contributed by atoms with van der Waals surface area (Å²) in [6, 6.07) is 11.8. The molecule has 0 saturated heterocycles. The molecule has 4 heteroatoms. The Kier molecular flexibility index (Phi) is 4.03. The number of aliphatic hydroxyl groups excluding tert-OH is 1. The summed E-state index contributed by atoms with van der Waals surface area (Å²) in [5, 5.41) is 9.83. The summed E-state index contributed by atoms with van der Waals surface area (Å²) in [4.78, 5) is 14.8. The summed E-state index contributed by atoms with van der Waals surface area (Å²) >= 11 is 0. The number of fused-ring (bicyclic) bond motifs is 1. The first-order chi connectivity index (χ1) is 10.6. The average molecular weight is 298 g/mol. The van der Waals surface area contributed by atoms with Crippen LogP contribution in [0.5, 0.6) is 0 Å². The molecule has 0 unspecified atom stereocenters. The van der Waals surface area contributed by atoms with Crippen LogP contribution in [-0.4, -0.2) is 33.6 Å². The predicted molar refractivity (Wildman–Crippen MR) is 85.8 cm³/mol. The lowest BCUT2D eigenvalue weighted by Crippen LogP contribution is -2.42. The summed E-state index contributed by atoms with van der Waals surface area (Å²) in [6.07, 6.45) is 2.77. The van der Waals surface area contributed by atoms with Gasteiger partial charge >= 0.3 is 0 Å². The van der Waals surface area contributed by atoms with Gasteiger partial charge in [0.25, 0.3) is 5.91 Å². The molecular formula is C18H22N2O2. The van der Waals surface area contributed by atoms with Crippen LogP contribution >= 0.6 is 0 Å². The fourth-order valence-corrected chi connectivity index (χ4v) is 3.26. The zero-order chi connectivity index (χ0) is 15.7. The second-order valence-corrected chi connectivity index (χ2v) is 6.04. The molecule has 116 valence electrons. The molecule has 0 saturated carbocycles. The second-order valence-electron chi connectivity index (χ2n) is 6.04. The van der Waals surface area contributed by atoms with Gasteiger partial charge in [-0.25, -0.2) is 0 Å². The van der Waals surface area contributed by atoms with Crippen molar-refractivity contribution in [2.45, 2.75) is 32.4 Å². The molecule has 1 atom stereocenters. The minimum atomic E-state index is -0.257. The van der Waals surface area contributed by atoms with Crippen molar-refractivity contribution >= 4 is 5.91 Å². The fourth-order valence-electron chi connectivity index (χ4n) is 3.26. The van der Waals surface area contributed by atoms with Crippen LogP contribution in [0.2, 0.25) is 0 Å². The molecule has 0 spiro atoms. The molecule has 22 heavy (non-hydrogen) atoms. The van der Waals surface area contributed by atoms with Gasteiger partial charge in [0, 0.05) is 18.8 Å². The highest BCUT2D eigenvalue weighted by Gasteiger charge is 2.31. The lowest BCUT2D eigenvalue weighted by molar-refractivity contribution is 0.0556. The number of carbonyl (C=O) groups is 1. The minimum absolute atomic E-state index is 0.00717. The van der Waals surface area contributed by atoms with E-state index in [1.165, 1.54) is 5.56 Å². The Morgan fingerprint density at radius 2 is 2.05 bits per heavy atom. The number of rotatable bonds is 3. The van der Waals surface area contributed by atoms with Crippen LogP contribution in [0, 0.1) is 0 Å². The summed E-state index contributed by atoms with van der Waals surface area (Å²) in [7, 11) is 0. The Hall–Kier alpha value is -2.07. The summed E-state index contributed by atoms with van der Waals surface area (Å²) in [5.41, 5.74) is 2.98. The summed E-state index contributed by atoms with van der Waals surface area (Å²) in [5.74, 6) is -0.00717. The van der Waals surface area contributed by atoms with Gasteiger partial charge in [-0.1, -0.05) is 24.3 Å². The zero-order valence-electron chi connectivity index (χ0n) is 13.1. The van der Waals surface area contributed by atoms with Crippen LogP contribution in [-0.2, 0) is 6.42 Å². The third kappa shape index (κ3) is 2.44. The molecule has 1 aliphatic heterocycles. The van der Waals surface area contributed by atoms with Crippen LogP contribution in [0.15, 0.2) is 42.6 Å². The normalized spacial score (nSPS) is 17.6. The molecule has 3 rings (SSSR count). The Bertz CT molecular complexity index is 675. The highest BCUT2D eigenvalue weighted by atomic mass is 16.3. The van der Waals surface area contributed by atoms with Crippen molar-refractivity contribution in [2.24, 2.45) is 0 Å². The van der Waals surface area contributed by atoms with E-state index in [2.05, 4.69) is 19.9 Å². The van der Waals surface area contributed by atoms with Gasteiger partial charge in [0.15, 0.2) is 0 Å². The Morgan fingerprint density at radius 3 is 2.77 bits per heavy atom. The first-order valence-electron chi connectivity index (χ1n) is 7.80. The van der Waals surface area contributed by atoms with Crippen LogP contribution in [0.4, 0.5) is 0 Å². The number of aliphatic hydroxyl groups is 1. The SMILES string of the molecule is CC(C)n1cccc1C(=O)N1CCc2ccccc2[C@@H]1CO. The number of aromatic nitrogens is 1. The van der Waals surface area contributed by atoms with Gasteiger partial charge in [-0.05, 0) is 43.5 Å². The highest BCUT2D eigenvalue weighted by molar-refractivity contribution is 5.93. The van der Waals surface area contributed by atoms with Gasteiger partial charge in [0.05, 0.1) is 12.6 Å². The maximum atomic E-state index is 13.0. The molecule has 4 nitrogen and oxygen atoms in total. The number of hydrogen-bond acceptors (Lipinski definition) is 2. The molecule has 1 N–H and O–H groups in total. The number of benzene rings is 1. The molecule has 1 aromatic carbocycles. The van der Waals surface area contributed by atoms with Gasteiger partial charge in [-0.2, -0.15) is 0 Å². The van der Waals surface area contributed by atoms with E-state index in [1.807, 2.05) is 41.1 Å². The largest absolute Gasteiger partial charge is 0.394 e. The van der Waals surface area contributed by atoms with Crippen molar-refractivity contribution < 1.29 is 9.90 Å². The Balaban J connectivity index is 1.95. The maximum Gasteiger partial charge on any atom is 0.271 e. The topological polar surface area (TPSA) is 45.5 Å². The van der Waals surface area contributed by atoms with E-state index in [0.29, 0.717) is 12.2 Å². The number of hydrogen-bond donors (Lipinski definition) is 1. The molecule has 0 radical (unpaired) electrons. The Morgan fingerprint density at radius 1 is 1.27 bits per heavy atom. The fraction of sp³-hybridized carbons (Fsp3) is 0.389. The lowest BCUT2D eigenvalue weighted by Gasteiger charge is -2.36. The van der Waals surface area contributed by atoms with Gasteiger partial charge in [-0.15, -0.1) is 0 Å². The average Bonchev–Trinajstić information content (AvgIpc) is 3.02. The van der Waals surface area contributed by atoms with Crippen molar-refractivity contribution in [2.75, 3.05) is 13.2 Å². The molecule has 2 aromatic rings. The van der Waals surface area contributed by atoms with E-state index in [0.717, 1.165) is 12.0 Å². The monoisotopic (exact) mass is 298 g/mol. The molecular weight excluding hydrogens is 276 g/mol. The second kappa shape index (κ2) is 5.97. The quantitative estimate of drug-likeness (QED) is 0.947. The molecule has 1 aromatic heterocycles. The maximum absolute atomic E-state index is 13.0. The molecule has 0 aliphatic carbocycles. The van der Waals surface area contributed by atoms with Crippen molar-refractivity contribution in [3.63, 3.8) is 0 Å². The molecule has 2 heterocycles. The molecule has 1 aliphatic rings.